The molecule has 3 aliphatic rings. The SMILES string of the molecule is CN1CCN(C(=O)CCN2C[C@@H]3C[C@H]2CS3)CC1. The molecule has 0 saturated carbocycles. The molecule has 102 valence electrons. The Kier molecular flexibility index (Phi) is 3.82. The summed E-state index contributed by atoms with van der Waals surface area (Å²) in [5.41, 5.74) is 0. The van der Waals surface area contributed by atoms with Gasteiger partial charge >= 0.3 is 0 Å². The third-order valence-corrected chi connectivity index (χ3v) is 5.87. The smallest absolute Gasteiger partial charge is 0.223 e. The van der Waals surface area contributed by atoms with Gasteiger partial charge in [-0.3, -0.25) is 9.69 Å². The summed E-state index contributed by atoms with van der Waals surface area (Å²) in [4.78, 5) is 19.0. The molecule has 0 aromatic carbocycles. The number of piperazine rings is 1. The third-order valence-electron chi connectivity index (χ3n) is 4.48. The Labute approximate surface area is 114 Å². The number of hydrogen-bond acceptors (Lipinski definition) is 4. The number of rotatable bonds is 3. The summed E-state index contributed by atoms with van der Waals surface area (Å²) in [7, 11) is 2.13. The molecule has 18 heavy (non-hydrogen) atoms. The fourth-order valence-corrected chi connectivity index (χ4v) is 4.70. The molecule has 0 aromatic heterocycles. The van der Waals surface area contributed by atoms with Crippen molar-refractivity contribution in [3.63, 3.8) is 0 Å². The molecule has 0 unspecified atom stereocenters. The number of carbonyl (C=O) groups excluding carboxylic acids is 1. The van der Waals surface area contributed by atoms with Crippen molar-refractivity contribution in [1.82, 2.24) is 14.7 Å². The molecule has 0 aromatic rings. The number of likely N-dealkylation sites (N-methyl/N-ethyl adjacent to an activating group) is 1. The van der Waals surface area contributed by atoms with Crippen LogP contribution in [0.4, 0.5) is 0 Å². The number of hydrogen-bond donors (Lipinski definition) is 0. The second kappa shape index (κ2) is 5.39. The van der Waals surface area contributed by atoms with Gasteiger partial charge in [-0.1, -0.05) is 0 Å². The van der Waals surface area contributed by atoms with Crippen LogP contribution in [0.3, 0.4) is 0 Å². The average Bonchev–Trinajstić information content (AvgIpc) is 2.99. The topological polar surface area (TPSA) is 26.8 Å². The number of likely N-dealkylation sites (tertiary alicyclic amines) is 1. The van der Waals surface area contributed by atoms with Gasteiger partial charge in [0.1, 0.15) is 0 Å². The van der Waals surface area contributed by atoms with Crippen molar-refractivity contribution in [2.75, 3.05) is 52.1 Å². The lowest BCUT2D eigenvalue weighted by atomic mass is 10.2. The molecule has 4 nitrogen and oxygen atoms in total. The number of fused-ring (bicyclic) bond motifs is 2. The summed E-state index contributed by atoms with van der Waals surface area (Å²) >= 11 is 2.12. The van der Waals surface area contributed by atoms with Gasteiger partial charge in [0.25, 0.3) is 0 Å². The zero-order chi connectivity index (χ0) is 12.5. The minimum atomic E-state index is 0.360. The standard InChI is InChI=1S/C13H23N3OS/c1-14-4-6-15(7-5-14)13(17)2-3-16-9-12-8-11(16)10-18-12/h11-12H,2-10H2,1H3/t11-,12-/m0/s1. The quantitative estimate of drug-likeness (QED) is 0.738. The highest BCUT2D eigenvalue weighted by molar-refractivity contribution is 8.00. The largest absolute Gasteiger partial charge is 0.340 e. The maximum atomic E-state index is 12.1. The van der Waals surface area contributed by atoms with E-state index in [9.17, 15) is 4.79 Å². The van der Waals surface area contributed by atoms with Crippen LogP contribution >= 0.6 is 11.8 Å². The average molecular weight is 269 g/mol. The van der Waals surface area contributed by atoms with E-state index >= 15 is 0 Å². The van der Waals surface area contributed by atoms with Crippen LogP contribution in [0.15, 0.2) is 0 Å². The van der Waals surface area contributed by atoms with Gasteiger partial charge < -0.3 is 9.80 Å². The van der Waals surface area contributed by atoms with Crippen LogP contribution in [0, 0.1) is 0 Å². The highest BCUT2D eigenvalue weighted by atomic mass is 32.2. The van der Waals surface area contributed by atoms with Crippen molar-refractivity contribution < 1.29 is 4.79 Å². The van der Waals surface area contributed by atoms with Crippen molar-refractivity contribution in [2.45, 2.75) is 24.1 Å². The molecule has 3 heterocycles. The minimum Gasteiger partial charge on any atom is -0.340 e. The van der Waals surface area contributed by atoms with Gasteiger partial charge in [0.05, 0.1) is 0 Å². The van der Waals surface area contributed by atoms with Crippen LogP contribution in [0.2, 0.25) is 0 Å². The Bertz CT molecular complexity index is 317. The molecule has 3 saturated heterocycles. The second-order valence-electron chi connectivity index (χ2n) is 5.77. The Morgan fingerprint density at radius 3 is 2.67 bits per heavy atom. The number of carbonyl (C=O) groups is 1. The number of amides is 1. The maximum Gasteiger partial charge on any atom is 0.223 e. The van der Waals surface area contributed by atoms with Crippen molar-refractivity contribution in [3.8, 4) is 0 Å². The van der Waals surface area contributed by atoms with Gasteiger partial charge in [-0.15, -0.1) is 0 Å². The van der Waals surface area contributed by atoms with Crippen molar-refractivity contribution in [2.24, 2.45) is 0 Å². The predicted octanol–water partition coefficient (Wildman–Crippen LogP) is 0.340. The van der Waals surface area contributed by atoms with Crippen LogP contribution in [0.1, 0.15) is 12.8 Å². The predicted molar refractivity (Wildman–Crippen MR) is 74.9 cm³/mol. The van der Waals surface area contributed by atoms with Crippen LogP contribution in [0.25, 0.3) is 0 Å². The zero-order valence-electron chi connectivity index (χ0n) is 11.2. The molecule has 0 N–H and O–H groups in total. The molecule has 3 aliphatic heterocycles. The molecule has 0 spiro atoms. The number of nitrogens with zero attached hydrogens (tertiary/aromatic N) is 3. The van der Waals surface area contributed by atoms with E-state index in [1.807, 2.05) is 4.90 Å². The van der Waals surface area contributed by atoms with Gasteiger partial charge in [-0.2, -0.15) is 11.8 Å². The Morgan fingerprint density at radius 1 is 1.28 bits per heavy atom. The summed E-state index contributed by atoms with van der Waals surface area (Å²) in [5.74, 6) is 1.64. The summed E-state index contributed by atoms with van der Waals surface area (Å²) < 4.78 is 0. The van der Waals surface area contributed by atoms with Crippen molar-refractivity contribution >= 4 is 17.7 Å². The first-order valence-electron chi connectivity index (χ1n) is 7.04. The monoisotopic (exact) mass is 269 g/mol. The highest BCUT2D eigenvalue weighted by Crippen LogP contribution is 2.37. The van der Waals surface area contributed by atoms with E-state index in [0.717, 1.165) is 50.4 Å². The van der Waals surface area contributed by atoms with Crippen LogP contribution in [-0.2, 0) is 4.79 Å². The lowest BCUT2D eigenvalue weighted by Gasteiger charge is -2.33. The molecule has 1 amide bonds. The van der Waals surface area contributed by atoms with Gasteiger partial charge in [0.2, 0.25) is 5.91 Å². The maximum absolute atomic E-state index is 12.1. The fourth-order valence-electron chi connectivity index (χ4n) is 3.21. The lowest BCUT2D eigenvalue weighted by molar-refractivity contribution is -0.133. The first-order chi connectivity index (χ1) is 8.72. The van der Waals surface area contributed by atoms with Crippen LogP contribution in [-0.4, -0.2) is 84.0 Å². The molecule has 3 fully saturated rings. The molecule has 0 radical (unpaired) electrons. The van der Waals surface area contributed by atoms with E-state index in [-0.39, 0.29) is 0 Å². The Hall–Kier alpha value is -0.260. The van der Waals surface area contributed by atoms with E-state index in [2.05, 4.69) is 28.6 Å². The third kappa shape index (κ3) is 2.68. The summed E-state index contributed by atoms with van der Waals surface area (Å²) in [6, 6.07) is 0.764. The van der Waals surface area contributed by atoms with Gasteiger partial charge in [-0.05, 0) is 13.5 Å². The fraction of sp³-hybridized carbons (Fsp3) is 0.923. The molecule has 3 rings (SSSR count). The Balaban J connectivity index is 1.41. The summed E-state index contributed by atoms with van der Waals surface area (Å²) in [6.07, 6.45) is 2.07. The van der Waals surface area contributed by atoms with E-state index in [1.54, 1.807) is 0 Å². The van der Waals surface area contributed by atoms with E-state index in [1.165, 1.54) is 18.7 Å². The van der Waals surface area contributed by atoms with Gasteiger partial charge in [0, 0.05) is 62.7 Å². The summed E-state index contributed by atoms with van der Waals surface area (Å²) in [6.45, 7) is 6.07. The van der Waals surface area contributed by atoms with E-state index in [0.29, 0.717) is 5.91 Å². The highest BCUT2D eigenvalue weighted by Gasteiger charge is 2.38. The van der Waals surface area contributed by atoms with Gasteiger partial charge in [-0.25, -0.2) is 0 Å². The van der Waals surface area contributed by atoms with Crippen LogP contribution < -0.4 is 0 Å². The van der Waals surface area contributed by atoms with E-state index in [4.69, 9.17) is 0 Å². The normalized spacial score (nSPS) is 33.3. The summed E-state index contributed by atoms with van der Waals surface area (Å²) in [5, 5.41) is 0.855. The molecular formula is C13H23N3OS. The molecule has 2 bridgehead atoms. The minimum absolute atomic E-state index is 0.360. The van der Waals surface area contributed by atoms with Gasteiger partial charge in [0.15, 0.2) is 0 Å². The van der Waals surface area contributed by atoms with Crippen molar-refractivity contribution in [3.05, 3.63) is 0 Å². The Morgan fingerprint density at radius 2 is 2.06 bits per heavy atom. The van der Waals surface area contributed by atoms with E-state index < -0.39 is 0 Å². The molecule has 5 heteroatoms. The molecule has 2 atom stereocenters. The number of thioether (sulfide) groups is 1. The first-order valence-corrected chi connectivity index (χ1v) is 8.09. The lowest BCUT2D eigenvalue weighted by Crippen LogP contribution is -2.48. The van der Waals surface area contributed by atoms with Crippen molar-refractivity contribution in [1.29, 1.82) is 0 Å². The first kappa shape index (κ1) is 12.8. The zero-order valence-corrected chi connectivity index (χ0v) is 12.0. The second-order valence-corrected chi connectivity index (χ2v) is 7.11. The molecular weight excluding hydrogens is 246 g/mol. The van der Waals surface area contributed by atoms with Crippen LogP contribution in [0.5, 0.6) is 0 Å². The molecule has 0 aliphatic carbocycles.